The van der Waals surface area contributed by atoms with E-state index in [1.165, 1.54) is 36.0 Å². The van der Waals surface area contributed by atoms with Gasteiger partial charge in [-0.15, -0.1) is 0 Å². The van der Waals surface area contributed by atoms with Gasteiger partial charge in [0.2, 0.25) is 0 Å². The first-order valence-electron chi connectivity index (χ1n) is 11.5. The van der Waals surface area contributed by atoms with E-state index in [2.05, 4.69) is 64.9 Å². The van der Waals surface area contributed by atoms with Crippen LogP contribution in [0.5, 0.6) is 0 Å². The Balaban J connectivity index is 1.21. The van der Waals surface area contributed by atoms with Crippen molar-refractivity contribution < 1.29 is 4.79 Å². The van der Waals surface area contributed by atoms with Crippen LogP contribution in [0, 0.1) is 24.7 Å². The number of nitrogens with one attached hydrogen (secondary N) is 1. The summed E-state index contributed by atoms with van der Waals surface area (Å²) in [5, 5.41) is 3.32. The summed E-state index contributed by atoms with van der Waals surface area (Å²) in [4.78, 5) is 16.9. The first kappa shape index (κ1) is 20.0. The van der Waals surface area contributed by atoms with Crippen molar-refractivity contribution in [3.63, 3.8) is 0 Å². The highest BCUT2D eigenvalue weighted by atomic mass is 16.1. The molecule has 0 bridgehead atoms. The van der Waals surface area contributed by atoms with Crippen LogP contribution in [0.4, 0.5) is 0 Å². The maximum atomic E-state index is 12.7. The van der Waals surface area contributed by atoms with E-state index in [9.17, 15) is 4.79 Å². The molecule has 2 aliphatic carbocycles. The fourth-order valence-electron chi connectivity index (χ4n) is 5.85. The van der Waals surface area contributed by atoms with E-state index in [1.54, 1.807) is 12.4 Å². The van der Waals surface area contributed by atoms with Crippen molar-refractivity contribution in [1.82, 2.24) is 10.3 Å². The predicted molar refractivity (Wildman–Crippen MR) is 125 cm³/mol. The SMILES string of the molecule is Cc1cncc(C(=O)N[C@H]2CC[C@H]3C(Cc4ccc(-c5ccccc5)cc4)CC[C@@H]23)c1. The Morgan fingerprint density at radius 1 is 0.903 bits per heavy atom. The third-order valence-corrected chi connectivity index (χ3v) is 7.37. The number of benzene rings is 2. The van der Waals surface area contributed by atoms with E-state index in [4.69, 9.17) is 0 Å². The Kier molecular flexibility index (Phi) is 5.59. The monoisotopic (exact) mass is 410 g/mol. The van der Waals surface area contributed by atoms with Crippen molar-refractivity contribution in [1.29, 1.82) is 0 Å². The smallest absolute Gasteiger partial charge is 0.253 e. The van der Waals surface area contributed by atoms with Crippen LogP contribution < -0.4 is 5.32 Å². The Morgan fingerprint density at radius 3 is 2.42 bits per heavy atom. The Labute approximate surface area is 184 Å². The number of fused-ring (bicyclic) bond motifs is 1. The molecule has 0 radical (unpaired) electrons. The van der Waals surface area contributed by atoms with Gasteiger partial charge < -0.3 is 5.32 Å². The maximum Gasteiger partial charge on any atom is 0.253 e. The lowest BCUT2D eigenvalue weighted by Crippen LogP contribution is -2.37. The lowest BCUT2D eigenvalue weighted by Gasteiger charge is -2.22. The molecule has 1 N–H and O–H groups in total. The molecule has 2 fully saturated rings. The van der Waals surface area contributed by atoms with E-state index in [-0.39, 0.29) is 5.91 Å². The summed E-state index contributed by atoms with van der Waals surface area (Å²) in [6, 6.07) is 21.9. The lowest BCUT2D eigenvalue weighted by molar-refractivity contribution is 0.0925. The van der Waals surface area contributed by atoms with Gasteiger partial charge in [0.25, 0.3) is 5.91 Å². The highest BCUT2D eigenvalue weighted by Gasteiger charge is 2.45. The molecule has 0 spiro atoms. The van der Waals surface area contributed by atoms with Gasteiger partial charge in [-0.2, -0.15) is 0 Å². The van der Waals surface area contributed by atoms with Crippen LogP contribution in [0.15, 0.2) is 73.1 Å². The predicted octanol–water partition coefficient (Wildman–Crippen LogP) is 5.83. The largest absolute Gasteiger partial charge is 0.349 e. The van der Waals surface area contributed by atoms with E-state index >= 15 is 0 Å². The minimum Gasteiger partial charge on any atom is -0.349 e. The molecular formula is C28H30N2O. The molecular weight excluding hydrogens is 380 g/mol. The number of carbonyl (C=O) groups is 1. The standard InChI is InChI=1S/C28H30N2O/c1-19-15-24(18-29-17-19)28(31)30-27-14-13-25-23(11-12-26(25)27)16-20-7-9-22(10-8-20)21-5-3-2-4-6-21/h2-10,15,17-18,23,25-27H,11-14,16H2,1H3,(H,30,31)/t23?,25-,26+,27-/m0/s1. The molecule has 1 amide bonds. The van der Waals surface area contributed by atoms with E-state index < -0.39 is 0 Å². The molecule has 3 aromatic rings. The topological polar surface area (TPSA) is 42.0 Å². The van der Waals surface area contributed by atoms with Gasteiger partial charge in [-0.05, 0) is 85.1 Å². The van der Waals surface area contributed by atoms with Gasteiger partial charge in [0.1, 0.15) is 0 Å². The van der Waals surface area contributed by atoms with Crippen molar-refractivity contribution >= 4 is 5.91 Å². The first-order valence-corrected chi connectivity index (χ1v) is 11.5. The van der Waals surface area contributed by atoms with Gasteiger partial charge in [0, 0.05) is 18.4 Å². The van der Waals surface area contributed by atoms with Gasteiger partial charge in [-0.3, -0.25) is 9.78 Å². The summed E-state index contributed by atoms with van der Waals surface area (Å²) < 4.78 is 0. The highest BCUT2D eigenvalue weighted by molar-refractivity contribution is 5.94. The van der Waals surface area contributed by atoms with Gasteiger partial charge in [0.15, 0.2) is 0 Å². The number of pyridine rings is 1. The third kappa shape index (κ3) is 4.27. The van der Waals surface area contributed by atoms with Crippen LogP contribution >= 0.6 is 0 Å². The average molecular weight is 411 g/mol. The van der Waals surface area contributed by atoms with Crippen LogP contribution in [0.2, 0.25) is 0 Å². The molecule has 2 aliphatic rings. The summed E-state index contributed by atoms with van der Waals surface area (Å²) >= 11 is 0. The van der Waals surface area contributed by atoms with E-state index in [0.29, 0.717) is 17.5 Å². The normalized spacial score (nSPS) is 24.7. The van der Waals surface area contributed by atoms with Crippen molar-refractivity contribution in [2.45, 2.75) is 45.1 Å². The molecule has 1 aromatic heterocycles. The molecule has 1 heterocycles. The second-order valence-corrected chi connectivity index (χ2v) is 9.34. The summed E-state index contributed by atoms with van der Waals surface area (Å²) in [6.45, 7) is 1.98. The number of rotatable bonds is 5. The Bertz CT molecular complexity index is 1040. The van der Waals surface area contributed by atoms with Gasteiger partial charge >= 0.3 is 0 Å². The molecule has 0 aliphatic heterocycles. The fraction of sp³-hybridized carbons (Fsp3) is 0.357. The number of aryl methyl sites for hydroxylation is 1. The molecule has 0 saturated heterocycles. The molecule has 2 aromatic carbocycles. The van der Waals surface area contributed by atoms with Crippen LogP contribution in [-0.4, -0.2) is 16.9 Å². The maximum absolute atomic E-state index is 12.7. The van der Waals surface area contributed by atoms with Crippen molar-refractivity contribution in [3.05, 3.63) is 89.7 Å². The molecule has 4 atom stereocenters. The molecule has 3 nitrogen and oxygen atoms in total. The van der Waals surface area contributed by atoms with Gasteiger partial charge in [-0.25, -0.2) is 0 Å². The van der Waals surface area contributed by atoms with Crippen LogP contribution in [0.1, 0.15) is 47.2 Å². The fourth-order valence-corrected chi connectivity index (χ4v) is 5.85. The molecule has 5 rings (SSSR count). The summed E-state index contributed by atoms with van der Waals surface area (Å²) in [7, 11) is 0. The number of hydrogen-bond donors (Lipinski definition) is 1. The zero-order chi connectivity index (χ0) is 21.2. The van der Waals surface area contributed by atoms with Crippen LogP contribution in [-0.2, 0) is 6.42 Å². The molecule has 31 heavy (non-hydrogen) atoms. The number of aromatic nitrogens is 1. The van der Waals surface area contributed by atoms with Gasteiger partial charge in [0.05, 0.1) is 5.56 Å². The highest BCUT2D eigenvalue weighted by Crippen LogP contribution is 2.48. The number of nitrogens with zero attached hydrogens (tertiary/aromatic N) is 1. The van der Waals surface area contributed by atoms with Crippen LogP contribution in [0.3, 0.4) is 0 Å². The van der Waals surface area contributed by atoms with E-state index in [1.807, 2.05) is 13.0 Å². The summed E-state index contributed by atoms with van der Waals surface area (Å²) in [5.74, 6) is 2.11. The van der Waals surface area contributed by atoms with Crippen molar-refractivity contribution in [3.8, 4) is 11.1 Å². The van der Waals surface area contributed by atoms with Crippen molar-refractivity contribution in [2.75, 3.05) is 0 Å². The quantitative estimate of drug-likeness (QED) is 0.575. The van der Waals surface area contributed by atoms with Gasteiger partial charge in [-0.1, -0.05) is 54.6 Å². The first-order chi connectivity index (χ1) is 15.2. The number of amides is 1. The molecule has 1 unspecified atom stereocenters. The Morgan fingerprint density at radius 2 is 1.65 bits per heavy atom. The lowest BCUT2D eigenvalue weighted by atomic mass is 9.86. The zero-order valence-corrected chi connectivity index (χ0v) is 18.1. The second-order valence-electron chi connectivity index (χ2n) is 9.34. The molecule has 2 saturated carbocycles. The zero-order valence-electron chi connectivity index (χ0n) is 18.1. The number of carbonyl (C=O) groups excluding carboxylic acids is 1. The second kappa shape index (κ2) is 8.66. The summed E-state index contributed by atoms with van der Waals surface area (Å²) in [6.07, 6.45) is 9.45. The van der Waals surface area contributed by atoms with Crippen LogP contribution in [0.25, 0.3) is 11.1 Å². The molecule has 3 heteroatoms. The van der Waals surface area contributed by atoms with Crippen molar-refractivity contribution in [2.24, 2.45) is 17.8 Å². The minimum atomic E-state index is 0.0294. The average Bonchev–Trinajstić information content (AvgIpc) is 3.38. The molecule has 158 valence electrons. The summed E-state index contributed by atoms with van der Waals surface area (Å²) in [5.41, 5.74) is 5.69. The van der Waals surface area contributed by atoms with E-state index in [0.717, 1.165) is 30.2 Å². The number of hydrogen-bond acceptors (Lipinski definition) is 2. The Hall–Kier alpha value is -2.94. The minimum absolute atomic E-state index is 0.0294. The third-order valence-electron chi connectivity index (χ3n) is 7.37.